The lowest BCUT2D eigenvalue weighted by molar-refractivity contribution is -0.197. The quantitative estimate of drug-likeness (QED) is 0.190. The second kappa shape index (κ2) is 15.0. The molecule has 0 unspecified atom stereocenters. The van der Waals surface area contributed by atoms with Crippen molar-refractivity contribution in [3.05, 3.63) is 111 Å². The average molecular weight is 758 g/mol. The third-order valence-corrected chi connectivity index (χ3v) is 11.4. The molecule has 9 nitrogen and oxygen atoms in total. The van der Waals surface area contributed by atoms with Crippen LogP contribution in [-0.4, -0.2) is 58.8 Å². The minimum Gasteiger partial charge on any atom is -0.478 e. The SMILES string of the molecule is CC1=CC(C)(C)N(C)c2cc3c(cc21)C(c1ccccc1C(=O)O)=C1C=C(/C(C)=C\C(C)(C)C)C(=NCCCCCC(=O)ON2C(=O)CCC2=O)C=C1C3(C)C. The summed E-state index contributed by atoms with van der Waals surface area (Å²) in [6.07, 6.45) is 11.2. The number of aliphatic imine (C=N–C) groups is 1. The Kier molecular flexibility index (Phi) is 10.8. The van der Waals surface area contributed by atoms with E-state index in [1.54, 1.807) is 12.1 Å². The van der Waals surface area contributed by atoms with Crippen molar-refractivity contribution in [1.82, 2.24) is 5.06 Å². The Morgan fingerprint density at radius 2 is 1.62 bits per heavy atom. The highest BCUT2D eigenvalue weighted by atomic mass is 16.7. The Balaban J connectivity index is 1.44. The normalized spacial score (nSPS) is 19.6. The number of benzene rings is 2. The molecule has 6 rings (SSSR count). The Bertz CT molecular complexity index is 2200. The molecule has 0 spiro atoms. The second-order valence-corrected chi connectivity index (χ2v) is 17.7. The first kappa shape index (κ1) is 40.4. The van der Waals surface area contributed by atoms with E-state index in [4.69, 9.17) is 9.83 Å². The number of likely N-dealkylation sites (N-methyl/N-ethyl adjacent to an activating group) is 1. The summed E-state index contributed by atoms with van der Waals surface area (Å²) < 4.78 is 0. The summed E-state index contributed by atoms with van der Waals surface area (Å²) in [5.74, 6) is -2.53. The smallest absolute Gasteiger partial charge is 0.336 e. The van der Waals surface area contributed by atoms with Crippen LogP contribution < -0.4 is 4.90 Å². The topological polar surface area (TPSA) is 117 Å². The summed E-state index contributed by atoms with van der Waals surface area (Å²) >= 11 is 0. The van der Waals surface area contributed by atoms with Crippen LogP contribution in [-0.2, 0) is 24.6 Å². The molecule has 2 aromatic carbocycles. The molecule has 1 saturated heterocycles. The number of fused-ring (bicyclic) bond motifs is 3. The zero-order valence-corrected chi connectivity index (χ0v) is 34.6. The van der Waals surface area contributed by atoms with Gasteiger partial charge < -0.3 is 14.8 Å². The Labute approximate surface area is 331 Å². The number of anilines is 1. The van der Waals surface area contributed by atoms with E-state index in [1.165, 1.54) is 5.57 Å². The molecule has 2 amide bonds. The number of nitrogens with zero attached hydrogens (tertiary/aromatic N) is 3. The Morgan fingerprint density at radius 3 is 2.29 bits per heavy atom. The van der Waals surface area contributed by atoms with Crippen molar-refractivity contribution < 1.29 is 29.1 Å². The second-order valence-electron chi connectivity index (χ2n) is 17.7. The number of carbonyl (C=O) groups excluding carboxylic acids is 3. The standard InChI is InChI=1S/C47H55N3O6/c1-28(26-45(3,4)5)32-22-34-36(24-38(32)48-21-15-11-12-18-42(53)56-50-40(51)19-20-41(50)52)47(8,9)37-25-39-33(29(2)27-46(6,7)49(39)10)23-35(37)43(34)30-16-13-14-17-31(30)44(54)55/h13-14,16-17,22-27H,11-12,15,18-21H2,1-10H3,(H,54,55)/b28-26-,48-38?. The molecule has 4 aliphatic rings. The van der Waals surface area contributed by atoms with Gasteiger partial charge in [0.2, 0.25) is 0 Å². The van der Waals surface area contributed by atoms with Crippen molar-refractivity contribution in [2.24, 2.45) is 10.4 Å². The molecule has 0 aromatic heterocycles. The Morgan fingerprint density at radius 1 is 0.946 bits per heavy atom. The summed E-state index contributed by atoms with van der Waals surface area (Å²) in [6.45, 7) is 20.2. The van der Waals surface area contributed by atoms with Crippen molar-refractivity contribution in [2.75, 3.05) is 18.5 Å². The van der Waals surface area contributed by atoms with E-state index in [1.807, 2.05) is 12.1 Å². The maximum Gasteiger partial charge on any atom is 0.336 e. The number of carbonyl (C=O) groups is 4. The van der Waals surface area contributed by atoms with E-state index in [2.05, 4.69) is 111 Å². The first-order valence-corrected chi connectivity index (χ1v) is 19.7. The van der Waals surface area contributed by atoms with Crippen molar-refractivity contribution in [2.45, 2.75) is 112 Å². The number of carboxylic acid groups (broad SMARTS) is 1. The lowest BCUT2D eigenvalue weighted by Gasteiger charge is -2.44. The van der Waals surface area contributed by atoms with E-state index in [0.717, 1.165) is 62.4 Å². The predicted octanol–water partition coefficient (Wildman–Crippen LogP) is 9.58. The highest BCUT2D eigenvalue weighted by molar-refractivity contribution is 6.16. The fourth-order valence-corrected chi connectivity index (χ4v) is 8.44. The monoisotopic (exact) mass is 757 g/mol. The van der Waals surface area contributed by atoms with Crippen LogP contribution in [0, 0.1) is 5.41 Å². The summed E-state index contributed by atoms with van der Waals surface area (Å²) in [6, 6.07) is 11.9. The molecular weight excluding hydrogens is 703 g/mol. The minimum absolute atomic E-state index is 0.0658. The fraction of sp³-hybridized carbons (Fsp3) is 0.426. The summed E-state index contributed by atoms with van der Waals surface area (Å²) in [4.78, 5) is 61.4. The molecule has 0 bridgehead atoms. The zero-order valence-electron chi connectivity index (χ0n) is 34.6. The van der Waals surface area contributed by atoms with Gasteiger partial charge in [0.05, 0.1) is 16.8 Å². The van der Waals surface area contributed by atoms with Crippen LogP contribution >= 0.6 is 0 Å². The van der Waals surface area contributed by atoms with Crippen molar-refractivity contribution in [3.63, 3.8) is 0 Å². The predicted molar refractivity (Wildman–Crippen MR) is 222 cm³/mol. The van der Waals surface area contributed by atoms with E-state index in [-0.39, 0.29) is 35.8 Å². The fourth-order valence-electron chi connectivity index (χ4n) is 8.44. The van der Waals surface area contributed by atoms with Crippen LogP contribution in [0.25, 0.3) is 11.1 Å². The van der Waals surface area contributed by atoms with Gasteiger partial charge in [0, 0.05) is 55.1 Å². The molecule has 0 radical (unpaired) electrons. The molecule has 1 N–H and O–H groups in total. The van der Waals surface area contributed by atoms with Gasteiger partial charge in [-0.3, -0.25) is 14.6 Å². The number of rotatable bonds is 10. The first-order valence-electron chi connectivity index (χ1n) is 19.7. The van der Waals surface area contributed by atoms with Crippen LogP contribution in [0.2, 0.25) is 0 Å². The first-order chi connectivity index (χ1) is 26.2. The maximum absolute atomic E-state index is 12.8. The number of unbranched alkanes of at least 4 members (excludes halogenated alkanes) is 2. The largest absolute Gasteiger partial charge is 0.478 e. The van der Waals surface area contributed by atoms with Crippen molar-refractivity contribution in [1.29, 1.82) is 0 Å². The van der Waals surface area contributed by atoms with Crippen LogP contribution in [0.5, 0.6) is 0 Å². The molecule has 0 saturated carbocycles. The van der Waals surface area contributed by atoms with Gasteiger partial charge in [0.25, 0.3) is 11.8 Å². The molecule has 0 atom stereocenters. The van der Waals surface area contributed by atoms with Crippen LogP contribution in [0.15, 0.2) is 88.0 Å². The van der Waals surface area contributed by atoms with E-state index in [9.17, 15) is 24.3 Å². The highest BCUT2D eigenvalue weighted by Gasteiger charge is 2.42. The molecule has 2 aliphatic carbocycles. The number of allylic oxidation sites excluding steroid dienone is 8. The van der Waals surface area contributed by atoms with Gasteiger partial charge in [-0.05, 0) is 121 Å². The number of aromatic carboxylic acids is 1. The molecule has 2 heterocycles. The van der Waals surface area contributed by atoms with E-state index >= 15 is 0 Å². The van der Waals surface area contributed by atoms with Crippen LogP contribution in [0.4, 0.5) is 5.69 Å². The molecular formula is C47H55N3O6. The maximum atomic E-state index is 12.8. The van der Waals surface area contributed by atoms with Gasteiger partial charge in [-0.1, -0.05) is 71.4 Å². The Hall–Kier alpha value is -5.31. The molecule has 1 fully saturated rings. The molecule has 2 aromatic rings. The van der Waals surface area contributed by atoms with Crippen LogP contribution in [0.3, 0.4) is 0 Å². The van der Waals surface area contributed by atoms with Gasteiger partial charge >= 0.3 is 11.9 Å². The molecule has 2 aliphatic heterocycles. The summed E-state index contributed by atoms with van der Waals surface area (Å²) in [5, 5.41) is 11.1. The molecule has 9 heteroatoms. The minimum atomic E-state index is -0.974. The summed E-state index contributed by atoms with van der Waals surface area (Å²) in [7, 11) is 2.13. The number of amides is 2. The highest BCUT2D eigenvalue weighted by Crippen LogP contribution is 2.54. The number of hydrogen-bond donors (Lipinski definition) is 1. The van der Waals surface area contributed by atoms with Crippen molar-refractivity contribution >= 4 is 46.3 Å². The third kappa shape index (κ3) is 7.73. The third-order valence-electron chi connectivity index (χ3n) is 11.4. The van der Waals surface area contributed by atoms with Crippen molar-refractivity contribution in [3.8, 4) is 0 Å². The van der Waals surface area contributed by atoms with Gasteiger partial charge in [0.15, 0.2) is 0 Å². The summed E-state index contributed by atoms with van der Waals surface area (Å²) in [5.41, 5.74) is 11.7. The van der Waals surface area contributed by atoms with Gasteiger partial charge in [-0.15, -0.1) is 5.06 Å². The lowest BCUT2D eigenvalue weighted by Crippen LogP contribution is -2.42. The number of carboxylic acids is 1. The van der Waals surface area contributed by atoms with Gasteiger partial charge in [0.1, 0.15) is 0 Å². The zero-order chi connectivity index (χ0) is 40.9. The number of hydrogen-bond acceptors (Lipinski definition) is 7. The molecule has 56 heavy (non-hydrogen) atoms. The van der Waals surface area contributed by atoms with Crippen LogP contribution in [0.1, 0.15) is 133 Å². The van der Waals surface area contributed by atoms with Gasteiger partial charge in [-0.2, -0.15) is 0 Å². The lowest BCUT2D eigenvalue weighted by atomic mass is 9.62. The van der Waals surface area contributed by atoms with Gasteiger partial charge in [-0.25, -0.2) is 9.59 Å². The number of imide groups is 1. The molecule has 294 valence electrons. The average Bonchev–Trinajstić information content (AvgIpc) is 3.43. The van der Waals surface area contributed by atoms with E-state index < -0.39 is 29.2 Å². The number of hydroxylamine groups is 2. The van der Waals surface area contributed by atoms with E-state index in [0.29, 0.717) is 30.0 Å².